The van der Waals surface area contributed by atoms with E-state index in [0.717, 1.165) is 4.90 Å². The van der Waals surface area contributed by atoms with Crippen molar-refractivity contribution in [2.75, 3.05) is 13.2 Å². The summed E-state index contributed by atoms with van der Waals surface area (Å²) in [5.41, 5.74) is 0. The molecule has 13 heavy (non-hydrogen) atoms. The van der Waals surface area contributed by atoms with Crippen LogP contribution in [-0.2, 0) is 0 Å². The summed E-state index contributed by atoms with van der Waals surface area (Å²) in [5.74, 6) is 0. The van der Waals surface area contributed by atoms with Gasteiger partial charge in [-0.2, -0.15) is 13.2 Å². The molecule has 1 aliphatic rings. The Labute approximate surface area is 72.3 Å². The number of nitrogens with one attached hydrogen (secondary N) is 1. The van der Waals surface area contributed by atoms with Gasteiger partial charge in [0, 0.05) is 6.54 Å². The lowest BCUT2D eigenvalue weighted by atomic mass is 10.2. The van der Waals surface area contributed by atoms with Gasteiger partial charge in [0.05, 0.1) is 19.1 Å². The molecule has 4 nitrogen and oxygen atoms in total. The summed E-state index contributed by atoms with van der Waals surface area (Å²) < 4.78 is 35.7. The van der Waals surface area contributed by atoms with Crippen LogP contribution >= 0.6 is 0 Å². The van der Waals surface area contributed by atoms with Gasteiger partial charge in [0.2, 0.25) is 0 Å². The van der Waals surface area contributed by atoms with E-state index in [9.17, 15) is 18.0 Å². The highest BCUT2D eigenvalue weighted by Crippen LogP contribution is 2.25. The van der Waals surface area contributed by atoms with Crippen LogP contribution < -0.4 is 5.32 Å². The molecule has 1 aliphatic heterocycles. The summed E-state index contributed by atoms with van der Waals surface area (Å²) in [6.07, 6.45) is -6.73. The van der Waals surface area contributed by atoms with E-state index < -0.39 is 24.7 Å². The molecule has 1 amide bonds. The Kier molecular flexibility index (Phi) is 2.65. The third-order valence-corrected chi connectivity index (χ3v) is 1.82. The fourth-order valence-electron chi connectivity index (χ4n) is 1.26. The maximum Gasteiger partial charge on any atom is 0.408 e. The molecule has 0 aromatic heterocycles. The van der Waals surface area contributed by atoms with Crippen LogP contribution in [0.2, 0.25) is 0 Å². The van der Waals surface area contributed by atoms with E-state index in [-0.39, 0.29) is 13.2 Å². The van der Waals surface area contributed by atoms with Crippen molar-refractivity contribution in [3.63, 3.8) is 0 Å². The van der Waals surface area contributed by atoms with Crippen molar-refractivity contribution in [2.45, 2.75) is 18.6 Å². The summed E-state index contributed by atoms with van der Waals surface area (Å²) in [6.45, 7) is 0.0297. The van der Waals surface area contributed by atoms with Gasteiger partial charge in [0.15, 0.2) is 0 Å². The Morgan fingerprint density at radius 3 is 2.69 bits per heavy atom. The first-order chi connectivity index (χ1) is 5.90. The normalized spacial score (nSPS) is 23.6. The highest BCUT2D eigenvalue weighted by atomic mass is 19.4. The molecular formula is C6H9F3N2O2. The minimum atomic E-state index is -4.32. The molecule has 0 bridgehead atoms. The van der Waals surface area contributed by atoms with E-state index in [2.05, 4.69) is 5.32 Å². The summed E-state index contributed by atoms with van der Waals surface area (Å²) in [7, 11) is 0. The first-order valence-corrected chi connectivity index (χ1v) is 3.67. The third-order valence-electron chi connectivity index (χ3n) is 1.82. The maximum absolute atomic E-state index is 11.9. The standard InChI is InChI=1S/C6H9F3N2O2/c7-6(8,9)1-4-2-10-3-11(4)5(12)13/h4,10H,1-3H2,(H,12,13). The average Bonchev–Trinajstić information content (AvgIpc) is 2.31. The van der Waals surface area contributed by atoms with Crippen molar-refractivity contribution in [3.05, 3.63) is 0 Å². The number of alkyl halides is 3. The van der Waals surface area contributed by atoms with Crippen LogP contribution in [0.3, 0.4) is 0 Å². The Morgan fingerprint density at radius 2 is 2.23 bits per heavy atom. The quantitative estimate of drug-likeness (QED) is 0.656. The van der Waals surface area contributed by atoms with E-state index in [1.807, 2.05) is 0 Å². The van der Waals surface area contributed by atoms with Gasteiger partial charge in [-0.3, -0.25) is 10.2 Å². The predicted molar refractivity (Wildman–Crippen MR) is 37.2 cm³/mol. The largest absolute Gasteiger partial charge is 0.465 e. The fraction of sp³-hybridized carbons (Fsp3) is 0.833. The minimum Gasteiger partial charge on any atom is -0.465 e. The lowest BCUT2D eigenvalue weighted by Gasteiger charge is -2.20. The molecule has 0 radical (unpaired) electrons. The molecule has 2 N–H and O–H groups in total. The van der Waals surface area contributed by atoms with Gasteiger partial charge in [-0.15, -0.1) is 0 Å². The fourth-order valence-corrected chi connectivity index (χ4v) is 1.26. The number of rotatable bonds is 1. The van der Waals surface area contributed by atoms with Gasteiger partial charge in [-0.25, -0.2) is 4.79 Å². The second kappa shape index (κ2) is 3.41. The minimum absolute atomic E-state index is 0.0317. The Balaban J connectivity index is 2.54. The first kappa shape index (κ1) is 10.1. The number of nitrogens with zero attached hydrogens (tertiary/aromatic N) is 1. The molecule has 1 fully saturated rings. The monoisotopic (exact) mass is 198 g/mol. The zero-order chi connectivity index (χ0) is 10.1. The molecule has 1 atom stereocenters. The molecule has 1 rings (SSSR count). The number of carboxylic acid groups (broad SMARTS) is 1. The van der Waals surface area contributed by atoms with Crippen LogP contribution in [0.1, 0.15) is 6.42 Å². The summed E-state index contributed by atoms with van der Waals surface area (Å²) in [4.78, 5) is 11.2. The lowest BCUT2D eigenvalue weighted by Crippen LogP contribution is -2.38. The molecule has 0 aromatic carbocycles. The Morgan fingerprint density at radius 1 is 1.62 bits per heavy atom. The van der Waals surface area contributed by atoms with E-state index >= 15 is 0 Å². The SMILES string of the molecule is O=C(O)N1CNCC1CC(F)(F)F. The molecule has 0 aliphatic carbocycles. The number of carbonyl (C=O) groups is 1. The molecule has 0 saturated carbocycles. The molecule has 7 heteroatoms. The Hall–Kier alpha value is -0.980. The topological polar surface area (TPSA) is 52.6 Å². The van der Waals surface area contributed by atoms with Crippen LogP contribution in [0.25, 0.3) is 0 Å². The number of hydrogen-bond acceptors (Lipinski definition) is 2. The van der Waals surface area contributed by atoms with E-state index in [0.29, 0.717) is 0 Å². The van der Waals surface area contributed by atoms with Crippen LogP contribution in [0.5, 0.6) is 0 Å². The third kappa shape index (κ3) is 2.76. The van der Waals surface area contributed by atoms with Crippen molar-refractivity contribution >= 4 is 6.09 Å². The molecule has 76 valence electrons. The molecule has 0 aromatic rings. The number of amides is 1. The van der Waals surface area contributed by atoms with Gasteiger partial charge in [0.25, 0.3) is 0 Å². The van der Waals surface area contributed by atoms with Crippen LogP contribution in [0.15, 0.2) is 0 Å². The molecular weight excluding hydrogens is 189 g/mol. The number of hydrogen-bond donors (Lipinski definition) is 2. The van der Waals surface area contributed by atoms with Gasteiger partial charge in [0.1, 0.15) is 0 Å². The maximum atomic E-state index is 11.9. The average molecular weight is 198 g/mol. The molecule has 1 saturated heterocycles. The van der Waals surface area contributed by atoms with Crippen molar-refractivity contribution in [3.8, 4) is 0 Å². The van der Waals surface area contributed by atoms with Crippen LogP contribution in [-0.4, -0.2) is 41.5 Å². The van der Waals surface area contributed by atoms with Gasteiger partial charge in [-0.05, 0) is 0 Å². The van der Waals surface area contributed by atoms with E-state index in [4.69, 9.17) is 5.11 Å². The van der Waals surface area contributed by atoms with Crippen molar-refractivity contribution in [1.82, 2.24) is 10.2 Å². The molecule has 0 spiro atoms. The van der Waals surface area contributed by atoms with Crippen LogP contribution in [0.4, 0.5) is 18.0 Å². The highest BCUT2D eigenvalue weighted by Gasteiger charge is 2.38. The van der Waals surface area contributed by atoms with Crippen molar-refractivity contribution in [1.29, 1.82) is 0 Å². The molecule has 1 heterocycles. The van der Waals surface area contributed by atoms with Gasteiger partial charge in [-0.1, -0.05) is 0 Å². The zero-order valence-electron chi connectivity index (χ0n) is 6.64. The summed E-state index contributed by atoms with van der Waals surface area (Å²) in [5, 5.41) is 11.1. The van der Waals surface area contributed by atoms with Crippen molar-refractivity contribution in [2.24, 2.45) is 0 Å². The highest BCUT2D eigenvalue weighted by molar-refractivity contribution is 5.65. The first-order valence-electron chi connectivity index (χ1n) is 3.67. The number of halogens is 3. The zero-order valence-corrected chi connectivity index (χ0v) is 6.64. The second-order valence-corrected chi connectivity index (χ2v) is 2.84. The predicted octanol–water partition coefficient (Wildman–Crippen LogP) is 0.848. The van der Waals surface area contributed by atoms with Crippen molar-refractivity contribution < 1.29 is 23.1 Å². The van der Waals surface area contributed by atoms with E-state index in [1.165, 1.54) is 0 Å². The smallest absolute Gasteiger partial charge is 0.408 e. The van der Waals surface area contributed by atoms with Crippen LogP contribution in [0, 0.1) is 0 Å². The van der Waals surface area contributed by atoms with Gasteiger partial charge >= 0.3 is 12.3 Å². The molecule has 1 unspecified atom stereocenters. The van der Waals surface area contributed by atoms with E-state index in [1.54, 1.807) is 0 Å². The second-order valence-electron chi connectivity index (χ2n) is 2.84. The Bertz CT molecular complexity index is 207. The summed E-state index contributed by atoms with van der Waals surface area (Å²) >= 11 is 0. The lowest BCUT2D eigenvalue weighted by molar-refractivity contribution is -0.142. The summed E-state index contributed by atoms with van der Waals surface area (Å²) in [6, 6.07) is -0.988. The van der Waals surface area contributed by atoms with Gasteiger partial charge < -0.3 is 5.11 Å².